The van der Waals surface area contributed by atoms with Gasteiger partial charge in [-0.3, -0.25) is 0 Å². The van der Waals surface area contributed by atoms with Gasteiger partial charge < -0.3 is 15.1 Å². The minimum atomic E-state index is -0.349. The Morgan fingerprint density at radius 1 is 0.963 bits per heavy atom. The number of aryl methyl sites for hydroxylation is 1. The maximum Gasteiger partial charge on any atom is 0.249 e. The van der Waals surface area contributed by atoms with Crippen molar-refractivity contribution in [1.82, 2.24) is 15.2 Å². The molecule has 27 heavy (non-hydrogen) atoms. The molecule has 0 unspecified atom stereocenters. The first-order valence-corrected chi connectivity index (χ1v) is 8.97. The van der Waals surface area contributed by atoms with Gasteiger partial charge in [0.05, 0.1) is 11.9 Å². The van der Waals surface area contributed by atoms with E-state index in [1.807, 2.05) is 0 Å². The monoisotopic (exact) mass is 364 g/mol. The van der Waals surface area contributed by atoms with Gasteiger partial charge >= 0.3 is 0 Å². The quantitative estimate of drug-likeness (QED) is 0.766. The summed E-state index contributed by atoms with van der Waals surface area (Å²) in [4.78, 5) is 9.05. The summed E-state index contributed by atoms with van der Waals surface area (Å²) in [6, 6.07) is 15.0. The topological polar surface area (TPSA) is 57.2 Å². The van der Waals surface area contributed by atoms with Crippen molar-refractivity contribution in [2.24, 2.45) is 0 Å². The van der Waals surface area contributed by atoms with Crippen molar-refractivity contribution < 1.29 is 4.39 Å². The fourth-order valence-electron chi connectivity index (χ4n) is 3.20. The summed E-state index contributed by atoms with van der Waals surface area (Å²) < 4.78 is 13.8. The first-order chi connectivity index (χ1) is 13.2. The van der Waals surface area contributed by atoms with Gasteiger partial charge in [-0.2, -0.15) is 10.1 Å². The van der Waals surface area contributed by atoms with Gasteiger partial charge in [-0.1, -0.05) is 24.3 Å². The third-order valence-corrected chi connectivity index (χ3v) is 4.64. The molecule has 0 atom stereocenters. The number of anilines is 4. The summed E-state index contributed by atoms with van der Waals surface area (Å²) in [5.41, 5.74) is 2.84. The van der Waals surface area contributed by atoms with Crippen LogP contribution in [0, 0.1) is 12.7 Å². The maximum atomic E-state index is 13.8. The molecular weight excluding hydrogens is 343 g/mol. The fraction of sp³-hybridized carbons (Fsp3) is 0.250. The lowest BCUT2D eigenvalue weighted by Gasteiger charge is -2.36. The van der Waals surface area contributed by atoms with Crippen LogP contribution in [0.15, 0.2) is 54.7 Å². The number of piperazine rings is 1. The molecule has 1 fully saturated rings. The molecule has 3 aromatic rings. The van der Waals surface area contributed by atoms with Crippen molar-refractivity contribution in [3.63, 3.8) is 0 Å². The van der Waals surface area contributed by atoms with E-state index >= 15 is 0 Å². The number of nitrogens with one attached hydrogen (secondary N) is 1. The second-order valence-electron chi connectivity index (χ2n) is 6.56. The van der Waals surface area contributed by atoms with Gasteiger partial charge in [0.15, 0.2) is 5.82 Å². The highest BCUT2D eigenvalue weighted by atomic mass is 19.1. The van der Waals surface area contributed by atoms with E-state index in [9.17, 15) is 4.39 Å². The highest BCUT2D eigenvalue weighted by molar-refractivity contribution is 5.55. The van der Waals surface area contributed by atoms with Gasteiger partial charge in [0.2, 0.25) is 5.95 Å². The Labute approximate surface area is 157 Å². The molecule has 4 rings (SSSR count). The maximum absolute atomic E-state index is 13.8. The average molecular weight is 364 g/mol. The van der Waals surface area contributed by atoms with E-state index in [4.69, 9.17) is 0 Å². The van der Waals surface area contributed by atoms with Gasteiger partial charge in [-0.05, 0) is 36.8 Å². The smallest absolute Gasteiger partial charge is 0.249 e. The minimum absolute atomic E-state index is 0.290. The Morgan fingerprint density at radius 3 is 2.52 bits per heavy atom. The van der Waals surface area contributed by atoms with Crippen molar-refractivity contribution in [2.75, 3.05) is 41.3 Å². The number of rotatable bonds is 4. The Kier molecular flexibility index (Phi) is 4.82. The van der Waals surface area contributed by atoms with E-state index < -0.39 is 0 Å². The number of aromatic nitrogens is 3. The lowest BCUT2D eigenvalue weighted by atomic mass is 10.2. The molecule has 2 heterocycles. The van der Waals surface area contributed by atoms with Gasteiger partial charge in [0, 0.05) is 31.9 Å². The van der Waals surface area contributed by atoms with Crippen molar-refractivity contribution in [2.45, 2.75) is 6.92 Å². The molecule has 1 N–H and O–H groups in total. The highest BCUT2D eigenvalue weighted by Crippen LogP contribution is 2.21. The Morgan fingerprint density at radius 2 is 1.74 bits per heavy atom. The molecule has 0 bridgehead atoms. The van der Waals surface area contributed by atoms with Crippen molar-refractivity contribution in [3.8, 4) is 0 Å². The van der Waals surface area contributed by atoms with E-state index in [-0.39, 0.29) is 5.82 Å². The third kappa shape index (κ3) is 3.97. The van der Waals surface area contributed by atoms with Crippen LogP contribution in [-0.2, 0) is 0 Å². The molecule has 1 aromatic heterocycles. The summed E-state index contributed by atoms with van der Waals surface area (Å²) in [5.74, 6) is 0.685. The van der Waals surface area contributed by atoms with E-state index in [0.717, 1.165) is 32.0 Å². The number of benzene rings is 2. The molecule has 0 radical (unpaired) electrons. The Balaban J connectivity index is 1.43. The minimum Gasteiger partial charge on any atom is -0.368 e. The largest absolute Gasteiger partial charge is 0.368 e. The second kappa shape index (κ2) is 7.57. The predicted molar refractivity (Wildman–Crippen MR) is 105 cm³/mol. The van der Waals surface area contributed by atoms with Crippen LogP contribution < -0.4 is 15.1 Å². The lowest BCUT2D eigenvalue weighted by Crippen LogP contribution is -2.47. The van der Waals surface area contributed by atoms with Crippen LogP contribution in [0.1, 0.15) is 5.56 Å². The summed E-state index contributed by atoms with van der Waals surface area (Å²) in [7, 11) is 0. The first kappa shape index (κ1) is 17.2. The zero-order chi connectivity index (χ0) is 18.6. The molecule has 0 amide bonds. The summed E-state index contributed by atoms with van der Waals surface area (Å²) >= 11 is 0. The van der Waals surface area contributed by atoms with E-state index in [0.29, 0.717) is 11.6 Å². The second-order valence-corrected chi connectivity index (χ2v) is 6.56. The first-order valence-electron chi connectivity index (χ1n) is 8.97. The van der Waals surface area contributed by atoms with E-state index in [1.54, 1.807) is 24.4 Å². The molecule has 138 valence electrons. The Bertz CT molecular complexity index is 924. The number of hydrogen-bond donors (Lipinski definition) is 1. The van der Waals surface area contributed by atoms with E-state index in [1.165, 1.54) is 17.3 Å². The van der Waals surface area contributed by atoms with Gasteiger partial charge in [-0.15, -0.1) is 5.10 Å². The number of para-hydroxylation sites is 1. The van der Waals surface area contributed by atoms with Crippen LogP contribution in [0.5, 0.6) is 0 Å². The van der Waals surface area contributed by atoms with Crippen LogP contribution in [0.25, 0.3) is 0 Å². The molecule has 0 spiro atoms. The van der Waals surface area contributed by atoms with Crippen LogP contribution in [0.3, 0.4) is 0 Å². The zero-order valence-electron chi connectivity index (χ0n) is 15.1. The summed E-state index contributed by atoms with van der Waals surface area (Å²) in [6.07, 6.45) is 1.65. The van der Waals surface area contributed by atoms with E-state index in [2.05, 4.69) is 61.5 Å². The average Bonchev–Trinajstić information content (AvgIpc) is 2.70. The van der Waals surface area contributed by atoms with Crippen molar-refractivity contribution in [3.05, 3.63) is 66.1 Å². The van der Waals surface area contributed by atoms with Gasteiger partial charge in [-0.25, -0.2) is 4.39 Å². The standard InChI is InChI=1S/C20H21FN6/c1-15-5-4-6-16(13-15)26-9-11-27(12-10-26)19-14-22-25-20(24-19)23-18-8-3-2-7-17(18)21/h2-8,13-14H,9-12H2,1H3,(H,23,24,25). The van der Waals surface area contributed by atoms with Crippen LogP contribution >= 0.6 is 0 Å². The van der Waals surface area contributed by atoms with Crippen LogP contribution in [-0.4, -0.2) is 41.4 Å². The summed E-state index contributed by atoms with van der Waals surface area (Å²) in [6.45, 7) is 5.60. The number of halogens is 1. The van der Waals surface area contributed by atoms with Gasteiger partial charge in [0.25, 0.3) is 0 Å². The van der Waals surface area contributed by atoms with Gasteiger partial charge in [0.1, 0.15) is 5.82 Å². The van der Waals surface area contributed by atoms with Crippen LogP contribution in [0.4, 0.5) is 27.5 Å². The third-order valence-electron chi connectivity index (χ3n) is 4.64. The Hall–Kier alpha value is -3.22. The van der Waals surface area contributed by atoms with Crippen molar-refractivity contribution in [1.29, 1.82) is 0 Å². The molecule has 0 saturated carbocycles. The molecular formula is C20H21FN6. The molecule has 7 heteroatoms. The lowest BCUT2D eigenvalue weighted by molar-refractivity contribution is 0.631. The summed E-state index contributed by atoms with van der Waals surface area (Å²) in [5, 5.41) is 10.9. The normalized spacial score (nSPS) is 14.3. The van der Waals surface area contributed by atoms with Crippen molar-refractivity contribution >= 4 is 23.1 Å². The predicted octanol–water partition coefficient (Wildman–Crippen LogP) is 3.39. The number of nitrogens with zero attached hydrogens (tertiary/aromatic N) is 5. The molecule has 1 aliphatic heterocycles. The molecule has 1 aliphatic rings. The van der Waals surface area contributed by atoms with Crippen LogP contribution in [0.2, 0.25) is 0 Å². The molecule has 1 saturated heterocycles. The molecule has 0 aliphatic carbocycles. The molecule has 6 nitrogen and oxygen atoms in total. The number of hydrogen-bond acceptors (Lipinski definition) is 6. The highest BCUT2D eigenvalue weighted by Gasteiger charge is 2.19. The molecule has 2 aromatic carbocycles. The fourth-order valence-corrected chi connectivity index (χ4v) is 3.20. The zero-order valence-corrected chi connectivity index (χ0v) is 15.1. The SMILES string of the molecule is Cc1cccc(N2CCN(c3cnnc(Nc4ccccc4F)n3)CC2)c1.